The molecule has 1 saturated heterocycles. The topological polar surface area (TPSA) is 122 Å². The molecule has 0 spiro atoms. The Kier molecular flexibility index (Phi) is 6.06. The normalized spacial score (nSPS) is 19.1. The molecule has 0 unspecified atom stereocenters. The standard InChI is InChI=1S/C19H26N4O5/c1-11(2)6-7-19(5)17(25)22(18(26)21-19)10-16(24)20-14-8-12(3)13(4)9-15(14)23(27)28/h8-9,11H,6-7,10H2,1-5H3,(H,20,24)(H,21,26)/t19-/m0/s1. The molecule has 1 aliphatic heterocycles. The second-order valence-electron chi connectivity index (χ2n) is 7.84. The number of rotatable bonds is 7. The molecule has 2 N–H and O–H groups in total. The molecule has 0 aromatic heterocycles. The van der Waals surface area contributed by atoms with Crippen molar-refractivity contribution in [3.05, 3.63) is 33.4 Å². The largest absolute Gasteiger partial charge is 0.325 e. The van der Waals surface area contributed by atoms with Crippen molar-refractivity contribution < 1.29 is 19.3 Å². The number of carbonyl (C=O) groups excluding carboxylic acids is 3. The van der Waals surface area contributed by atoms with Crippen molar-refractivity contribution >= 4 is 29.2 Å². The second-order valence-corrected chi connectivity index (χ2v) is 7.84. The van der Waals surface area contributed by atoms with Crippen LogP contribution < -0.4 is 10.6 Å². The summed E-state index contributed by atoms with van der Waals surface area (Å²) in [5.74, 6) is -0.782. The van der Waals surface area contributed by atoms with Gasteiger partial charge in [0.05, 0.1) is 4.92 Å². The molecule has 9 heteroatoms. The quantitative estimate of drug-likeness (QED) is 0.421. The summed E-state index contributed by atoms with van der Waals surface area (Å²) >= 11 is 0. The third kappa shape index (κ3) is 4.47. The number of amides is 4. The minimum Gasteiger partial charge on any atom is -0.323 e. The van der Waals surface area contributed by atoms with Crippen LogP contribution in [-0.4, -0.2) is 39.8 Å². The van der Waals surface area contributed by atoms with Gasteiger partial charge in [-0.05, 0) is 56.7 Å². The number of imide groups is 1. The van der Waals surface area contributed by atoms with E-state index in [4.69, 9.17) is 0 Å². The predicted octanol–water partition coefficient (Wildman–Crippen LogP) is 2.90. The predicted molar refractivity (Wildman–Crippen MR) is 104 cm³/mol. The number of hydrogen-bond acceptors (Lipinski definition) is 5. The first kappa shape index (κ1) is 21.3. The van der Waals surface area contributed by atoms with Gasteiger partial charge in [-0.2, -0.15) is 0 Å². The van der Waals surface area contributed by atoms with Crippen LogP contribution in [-0.2, 0) is 9.59 Å². The summed E-state index contributed by atoms with van der Waals surface area (Å²) in [4.78, 5) is 48.8. The average Bonchev–Trinajstić information content (AvgIpc) is 2.79. The number of nitro benzene ring substituents is 1. The van der Waals surface area contributed by atoms with Crippen molar-refractivity contribution in [1.29, 1.82) is 0 Å². The Morgan fingerprint density at radius 3 is 2.46 bits per heavy atom. The van der Waals surface area contributed by atoms with Gasteiger partial charge >= 0.3 is 6.03 Å². The third-order valence-corrected chi connectivity index (χ3v) is 4.95. The fraction of sp³-hybridized carbons (Fsp3) is 0.526. The Labute approximate surface area is 163 Å². The zero-order valence-corrected chi connectivity index (χ0v) is 16.8. The smallest absolute Gasteiger partial charge is 0.323 e. The molecular weight excluding hydrogens is 364 g/mol. The molecule has 0 radical (unpaired) electrons. The third-order valence-electron chi connectivity index (χ3n) is 4.95. The van der Waals surface area contributed by atoms with Gasteiger partial charge in [0.25, 0.3) is 11.6 Å². The fourth-order valence-electron chi connectivity index (χ4n) is 3.02. The number of carbonyl (C=O) groups is 3. The van der Waals surface area contributed by atoms with E-state index in [0.29, 0.717) is 12.3 Å². The first-order valence-electron chi connectivity index (χ1n) is 9.14. The van der Waals surface area contributed by atoms with Gasteiger partial charge in [0.15, 0.2) is 0 Å². The van der Waals surface area contributed by atoms with Crippen LogP contribution in [0.2, 0.25) is 0 Å². The molecule has 4 amide bonds. The van der Waals surface area contributed by atoms with E-state index < -0.39 is 34.9 Å². The monoisotopic (exact) mass is 390 g/mol. The second kappa shape index (κ2) is 7.95. The SMILES string of the molecule is Cc1cc(NC(=O)CN2C(=O)N[C@@](C)(CCC(C)C)C2=O)c([N+](=O)[O-])cc1C. The molecule has 1 aliphatic rings. The number of hydrogen-bond donors (Lipinski definition) is 2. The highest BCUT2D eigenvalue weighted by atomic mass is 16.6. The van der Waals surface area contributed by atoms with Gasteiger partial charge in [-0.1, -0.05) is 13.8 Å². The maximum atomic E-state index is 12.7. The van der Waals surface area contributed by atoms with E-state index in [0.717, 1.165) is 22.4 Å². The van der Waals surface area contributed by atoms with Crippen LogP contribution in [0.1, 0.15) is 44.7 Å². The molecule has 0 saturated carbocycles. The molecule has 1 aromatic rings. The maximum Gasteiger partial charge on any atom is 0.325 e. The summed E-state index contributed by atoms with van der Waals surface area (Å²) in [6.45, 7) is 8.68. The van der Waals surface area contributed by atoms with Crippen molar-refractivity contribution in [3.63, 3.8) is 0 Å². The summed E-state index contributed by atoms with van der Waals surface area (Å²) in [7, 11) is 0. The first-order valence-corrected chi connectivity index (χ1v) is 9.14. The van der Waals surface area contributed by atoms with Gasteiger partial charge in [0, 0.05) is 6.07 Å². The van der Waals surface area contributed by atoms with E-state index in [9.17, 15) is 24.5 Å². The van der Waals surface area contributed by atoms with Crippen LogP contribution in [0.5, 0.6) is 0 Å². The summed E-state index contributed by atoms with van der Waals surface area (Å²) in [6, 6.07) is 2.24. The number of benzene rings is 1. The number of aryl methyl sites for hydroxylation is 2. The van der Waals surface area contributed by atoms with E-state index >= 15 is 0 Å². The summed E-state index contributed by atoms with van der Waals surface area (Å²) in [5.41, 5.74) is 0.244. The number of nitrogens with one attached hydrogen (secondary N) is 2. The Hall–Kier alpha value is -2.97. The minimum absolute atomic E-state index is 0.0349. The van der Waals surface area contributed by atoms with Crippen LogP contribution in [0.25, 0.3) is 0 Å². The van der Waals surface area contributed by atoms with Gasteiger partial charge in [-0.3, -0.25) is 24.6 Å². The molecule has 28 heavy (non-hydrogen) atoms. The van der Waals surface area contributed by atoms with E-state index in [-0.39, 0.29) is 11.4 Å². The van der Waals surface area contributed by atoms with Gasteiger partial charge in [-0.25, -0.2) is 4.79 Å². The highest BCUT2D eigenvalue weighted by Crippen LogP contribution is 2.28. The van der Waals surface area contributed by atoms with Crippen molar-refractivity contribution in [3.8, 4) is 0 Å². The Morgan fingerprint density at radius 1 is 1.29 bits per heavy atom. The molecule has 1 aromatic carbocycles. The number of nitro groups is 1. The highest BCUT2D eigenvalue weighted by Gasteiger charge is 2.47. The summed E-state index contributed by atoms with van der Waals surface area (Å²) in [5, 5.41) is 16.4. The zero-order chi connectivity index (χ0) is 21.2. The maximum absolute atomic E-state index is 12.7. The Balaban J connectivity index is 2.13. The average molecular weight is 390 g/mol. The van der Waals surface area contributed by atoms with Crippen LogP contribution >= 0.6 is 0 Å². The molecule has 0 bridgehead atoms. The van der Waals surface area contributed by atoms with E-state index in [1.54, 1.807) is 20.8 Å². The molecule has 1 heterocycles. The molecular formula is C19H26N4O5. The molecule has 0 aliphatic carbocycles. The van der Waals surface area contributed by atoms with Crippen LogP contribution in [0.15, 0.2) is 12.1 Å². The lowest BCUT2D eigenvalue weighted by Crippen LogP contribution is -2.44. The summed E-state index contributed by atoms with van der Waals surface area (Å²) in [6.07, 6.45) is 1.22. The van der Waals surface area contributed by atoms with Crippen molar-refractivity contribution in [2.75, 3.05) is 11.9 Å². The minimum atomic E-state index is -1.05. The van der Waals surface area contributed by atoms with Crippen LogP contribution in [0.3, 0.4) is 0 Å². The van der Waals surface area contributed by atoms with Crippen molar-refractivity contribution in [1.82, 2.24) is 10.2 Å². The molecule has 152 valence electrons. The van der Waals surface area contributed by atoms with Gasteiger partial charge in [0.2, 0.25) is 5.91 Å². The van der Waals surface area contributed by atoms with E-state index in [1.807, 2.05) is 13.8 Å². The van der Waals surface area contributed by atoms with Gasteiger partial charge in [0.1, 0.15) is 17.8 Å². The highest BCUT2D eigenvalue weighted by molar-refractivity contribution is 6.10. The molecule has 2 rings (SSSR count). The fourth-order valence-corrected chi connectivity index (χ4v) is 3.02. The van der Waals surface area contributed by atoms with Crippen molar-refractivity contribution in [2.45, 2.75) is 53.0 Å². The Morgan fingerprint density at radius 2 is 1.89 bits per heavy atom. The lowest BCUT2D eigenvalue weighted by Gasteiger charge is -2.22. The van der Waals surface area contributed by atoms with Gasteiger partial charge in [-0.15, -0.1) is 0 Å². The number of urea groups is 1. The Bertz CT molecular complexity index is 836. The van der Waals surface area contributed by atoms with Crippen molar-refractivity contribution in [2.24, 2.45) is 5.92 Å². The van der Waals surface area contributed by atoms with Crippen LogP contribution in [0.4, 0.5) is 16.2 Å². The first-order chi connectivity index (χ1) is 12.9. The number of anilines is 1. The van der Waals surface area contributed by atoms with Gasteiger partial charge < -0.3 is 10.6 Å². The van der Waals surface area contributed by atoms with E-state index in [2.05, 4.69) is 10.6 Å². The van der Waals surface area contributed by atoms with Crippen LogP contribution in [0, 0.1) is 29.9 Å². The lowest BCUT2D eigenvalue weighted by molar-refractivity contribution is -0.384. The van der Waals surface area contributed by atoms with E-state index in [1.165, 1.54) is 12.1 Å². The zero-order valence-electron chi connectivity index (χ0n) is 16.8. The molecule has 9 nitrogen and oxygen atoms in total. The lowest BCUT2D eigenvalue weighted by atomic mass is 9.92. The molecule has 1 fully saturated rings. The summed E-state index contributed by atoms with van der Waals surface area (Å²) < 4.78 is 0. The number of nitrogens with zero attached hydrogens (tertiary/aromatic N) is 2. The molecule has 1 atom stereocenters.